The number of carbonyl (C=O) groups excluding carboxylic acids is 1. The molecule has 0 spiro atoms. The Morgan fingerprint density at radius 2 is 2.07 bits per heavy atom. The number of hydrogen-bond acceptors (Lipinski definition) is 5. The van der Waals surface area contributed by atoms with Crippen LogP contribution in [0.15, 0.2) is 42.5 Å². The fourth-order valence-electron chi connectivity index (χ4n) is 4.28. The molecule has 2 heterocycles. The number of carboxylic acid groups (broad SMARTS) is 1. The first-order valence-corrected chi connectivity index (χ1v) is 10.1. The molecule has 2 unspecified atom stereocenters. The van der Waals surface area contributed by atoms with E-state index in [4.69, 9.17) is 14.6 Å². The van der Waals surface area contributed by atoms with Crippen LogP contribution in [0, 0.1) is 5.41 Å². The fourth-order valence-corrected chi connectivity index (χ4v) is 4.28. The fraction of sp³-hybridized carbons (Fsp3) is 0.391. The van der Waals surface area contributed by atoms with Crippen LogP contribution in [0.5, 0.6) is 5.75 Å². The van der Waals surface area contributed by atoms with Crippen LogP contribution in [0.25, 0.3) is 0 Å². The molecule has 0 aliphatic carbocycles. The predicted molar refractivity (Wildman–Crippen MR) is 112 cm³/mol. The molecule has 2 aliphatic rings. The molecule has 7 heteroatoms. The second-order valence-corrected chi connectivity index (χ2v) is 8.59. The van der Waals surface area contributed by atoms with Crippen molar-refractivity contribution >= 4 is 17.7 Å². The first kappa shape index (κ1) is 20.2. The van der Waals surface area contributed by atoms with E-state index in [0.29, 0.717) is 24.5 Å². The highest BCUT2D eigenvalue weighted by Crippen LogP contribution is 2.45. The van der Waals surface area contributed by atoms with Crippen molar-refractivity contribution in [3.63, 3.8) is 0 Å². The van der Waals surface area contributed by atoms with Gasteiger partial charge in [-0.2, -0.15) is 0 Å². The van der Waals surface area contributed by atoms with Gasteiger partial charge >= 0.3 is 6.16 Å². The molecule has 158 valence electrons. The minimum atomic E-state index is -1.32. The zero-order valence-corrected chi connectivity index (χ0v) is 17.1. The van der Waals surface area contributed by atoms with E-state index in [1.165, 1.54) is 0 Å². The molecule has 2 aromatic rings. The first-order chi connectivity index (χ1) is 14.3. The third-order valence-corrected chi connectivity index (χ3v) is 5.76. The molecule has 7 nitrogen and oxygen atoms in total. The molecule has 1 fully saturated rings. The first-order valence-electron chi connectivity index (χ1n) is 10.1. The monoisotopic (exact) mass is 410 g/mol. The molecule has 1 amide bonds. The van der Waals surface area contributed by atoms with E-state index in [2.05, 4.69) is 24.5 Å². The molecular formula is C23H26N2O5. The van der Waals surface area contributed by atoms with E-state index in [1.807, 2.05) is 30.3 Å². The molecule has 0 bridgehead atoms. The Morgan fingerprint density at radius 1 is 1.23 bits per heavy atom. The Labute approximate surface area is 175 Å². The Hall–Kier alpha value is -3.06. The third kappa shape index (κ3) is 4.26. The number of nitrogens with one attached hydrogen (secondary N) is 2. The standard InChI is InChI=1S/C23H26N2O5/c1-23(2)12-16-11-18(30-22(27)28)6-7-19(16)25-20(23)14-4-3-5-15(10-14)21(26)24-17-8-9-29-13-17/h3-7,10-11,17,20,25H,8-9,12-13H2,1-2H3,(H,24,26)(H,27,28). The molecule has 0 saturated carbocycles. The van der Waals surface area contributed by atoms with Gasteiger partial charge in [0.1, 0.15) is 5.75 Å². The average molecular weight is 410 g/mol. The molecule has 3 N–H and O–H groups in total. The van der Waals surface area contributed by atoms with Crippen molar-refractivity contribution < 1.29 is 24.2 Å². The number of ether oxygens (including phenoxy) is 2. The quantitative estimate of drug-likeness (QED) is 0.521. The summed E-state index contributed by atoms with van der Waals surface area (Å²) in [6.45, 7) is 5.55. The highest BCUT2D eigenvalue weighted by atomic mass is 16.7. The Bertz CT molecular complexity index is 966. The summed E-state index contributed by atoms with van der Waals surface area (Å²) in [5.74, 6) is 0.226. The van der Waals surface area contributed by atoms with Gasteiger partial charge in [-0.3, -0.25) is 4.79 Å². The molecule has 30 heavy (non-hydrogen) atoms. The van der Waals surface area contributed by atoms with E-state index in [1.54, 1.807) is 12.1 Å². The number of carbonyl (C=O) groups is 2. The largest absolute Gasteiger partial charge is 0.511 e. The molecular weight excluding hydrogens is 384 g/mol. The summed E-state index contributed by atoms with van der Waals surface area (Å²) in [7, 11) is 0. The predicted octanol–water partition coefficient (Wildman–Crippen LogP) is 4.00. The molecule has 2 aliphatic heterocycles. The zero-order chi connectivity index (χ0) is 21.3. The van der Waals surface area contributed by atoms with E-state index in [9.17, 15) is 9.59 Å². The minimum Gasteiger partial charge on any atom is -0.449 e. The number of amides is 1. The van der Waals surface area contributed by atoms with Gasteiger partial charge in [0.2, 0.25) is 0 Å². The third-order valence-electron chi connectivity index (χ3n) is 5.76. The summed E-state index contributed by atoms with van der Waals surface area (Å²) in [5.41, 5.74) is 3.45. The van der Waals surface area contributed by atoms with Gasteiger partial charge in [0.25, 0.3) is 5.91 Å². The van der Waals surface area contributed by atoms with Crippen LogP contribution in [-0.4, -0.2) is 36.4 Å². The summed E-state index contributed by atoms with van der Waals surface area (Å²) in [6, 6.07) is 13.0. The molecule has 2 aromatic carbocycles. The van der Waals surface area contributed by atoms with Gasteiger partial charge in [-0.15, -0.1) is 0 Å². The van der Waals surface area contributed by atoms with Crippen molar-refractivity contribution in [2.75, 3.05) is 18.5 Å². The molecule has 0 radical (unpaired) electrons. The molecule has 1 saturated heterocycles. The Morgan fingerprint density at radius 3 is 2.80 bits per heavy atom. The second-order valence-electron chi connectivity index (χ2n) is 8.59. The zero-order valence-electron chi connectivity index (χ0n) is 17.1. The normalized spacial score (nSPS) is 21.9. The van der Waals surface area contributed by atoms with Crippen LogP contribution in [-0.2, 0) is 11.2 Å². The number of benzene rings is 2. The minimum absolute atomic E-state index is 0.00111. The van der Waals surface area contributed by atoms with Crippen LogP contribution in [0.1, 0.15) is 47.8 Å². The van der Waals surface area contributed by atoms with Gasteiger partial charge < -0.3 is 25.2 Å². The van der Waals surface area contributed by atoms with Crippen LogP contribution in [0.4, 0.5) is 10.5 Å². The summed E-state index contributed by atoms with van der Waals surface area (Å²) in [4.78, 5) is 23.5. The lowest BCUT2D eigenvalue weighted by molar-refractivity contribution is 0.0929. The SMILES string of the molecule is CC1(C)Cc2cc(OC(=O)O)ccc2NC1c1cccc(C(=O)NC2CCOC2)c1. The summed E-state index contributed by atoms with van der Waals surface area (Å²) < 4.78 is 10.1. The van der Waals surface area contributed by atoms with E-state index in [-0.39, 0.29) is 23.4 Å². The van der Waals surface area contributed by atoms with Gasteiger partial charge in [0.05, 0.1) is 18.7 Å². The lowest BCUT2D eigenvalue weighted by atomic mass is 9.72. The van der Waals surface area contributed by atoms with Crippen LogP contribution in [0.2, 0.25) is 0 Å². The number of anilines is 1. The summed E-state index contributed by atoms with van der Waals surface area (Å²) in [5, 5.41) is 15.5. The highest BCUT2D eigenvalue weighted by molar-refractivity contribution is 5.94. The van der Waals surface area contributed by atoms with Crippen molar-refractivity contribution in [2.45, 2.75) is 38.8 Å². The van der Waals surface area contributed by atoms with E-state index >= 15 is 0 Å². The van der Waals surface area contributed by atoms with Crippen molar-refractivity contribution in [2.24, 2.45) is 5.41 Å². The van der Waals surface area contributed by atoms with Crippen LogP contribution >= 0.6 is 0 Å². The number of hydrogen-bond donors (Lipinski definition) is 3. The lowest BCUT2D eigenvalue weighted by Gasteiger charge is -2.41. The van der Waals surface area contributed by atoms with Crippen LogP contribution in [0.3, 0.4) is 0 Å². The summed E-state index contributed by atoms with van der Waals surface area (Å²) in [6.07, 6.45) is 0.259. The van der Waals surface area contributed by atoms with Gasteiger partial charge in [0, 0.05) is 17.9 Å². The Kier molecular flexibility index (Phi) is 5.39. The average Bonchev–Trinajstić information content (AvgIpc) is 3.19. The maximum Gasteiger partial charge on any atom is 0.511 e. The van der Waals surface area contributed by atoms with Crippen molar-refractivity contribution in [3.05, 3.63) is 59.2 Å². The topological polar surface area (TPSA) is 96.9 Å². The van der Waals surface area contributed by atoms with Gasteiger partial charge in [0.15, 0.2) is 0 Å². The molecule has 0 aromatic heterocycles. The van der Waals surface area contributed by atoms with E-state index in [0.717, 1.165) is 29.7 Å². The maximum atomic E-state index is 12.7. The number of rotatable bonds is 4. The highest BCUT2D eigenvalue weighted by Gasteiger charge is 2.36. The van der Waals surface area contributed by atoms with Crippen LogP contribution < -0.4 is 15.4 Å². The van der Waals surface area contributed by atoms with Crippen molar-refractivity contribution in [1.82, 2.24) is 5.32 Å². The van der Waals surface area contributed by atoms with E-state index < -0.39 is 6.16 Å². The van der Waals surface area contributed by atoms with Crippen molar-refractivity contribution in [1.29, 1.82) is 0 Å². The second kappa shape index (κ2) is 7.99. The lowest BCUT2D eigenvalue weighted by Crippen LogP contribution is -2.36. The molecule has 4 rings (SSSR count). The smallest absolute Gasteiger partial charge is 0.449 e. The van der Waals surface area contributed by atoms with Gasteiger partial charge in [-0.1, -0.05) is 26.0 Å². The number of fused-ring (bicyclic) bond motifs is 1. The molecule has 2 atom stereocenters. The van der Waals surface area contributed by atoms with Gasteiger partial charge in [-0.25, -0.2) is 4.79 Å². The summed E-state index contributed by atoms with van der Waals surface area (Å²) >= 11 is 0. The van der Waals surface area contributed by atoms with Gasteiger partial charge in [-0.05, 0) is 59.7 Å². The van der Waals surface area contributed by atoms with Crippen molar-refractivity contribution in [3.8, 4) is 5.75 Å². The Balaban J connectivity index is 1.56. The maximum absolute atomic E-state index is 12.7.